The molecule has 1 aromatic heterocycles. The van der Waals surface area contributed by atoms with E-state index in [9.17, 15) is 4.39 Å². The quantitative estimate of drug-likeness (QED) is 0.815. The minimum absolute atomic E-state index is 0.0931. The molecule has 2 atom stereocenters. The topological polar surface area (TPSA) is 57.4 Å². The predicted molar refractivity (Wildman–Crippen MR) is 81.5 cm³/mol. The molecule has 1 aromatic carbocycles. The predicted octanol–water partition coefficient (Wildman–Crippen LogP) is 3.54. The van der Waals surface area contributed by atoms with Gasteiger partial charge in [0.25, 0.3) is 0 Å². The summed E-state index contributed by atoms with van der Waals surface area (Å²) in [5.74, 6) is 1.34. The van der Waals surface area contributed by atoms with Gasteiger partial charge < -0.3 is 14.0 Å². The zero-order valence-corrected chi connectivity index (χ0v) is 13.2. The van der Waals surface area contributed by atoms with Crippen molar-refractivity contribution < 1.29 is 18.4 Å². The van der Waals surface area contributed by atoms with Crippen molar-refractivity contribution in [3.05, 3.63) is 41.8 Å². The monoisotopic (exact) mass is 320 g/mol. The first kappa shape index (κ1) is 15.9. The fraction of sp³-hybridized carbons (Fsp3) is 0.529. The van der Waals surface area contributed by atoms with E-state index in [1.165, 1.54) is 6.07 Å². The molecule has 0 N–H and O–H groups in total. The molecular weight excluding hydrogens is 299 g/mol. The lowest BCUT2D eigenvalue weighted by Gasteiger charge is -2.27. The minimum atomic E-state index is -0.399. The summed E-state index contributed by atoms with van der Waals surface area (Å²) in [6.45, 7) is 3.02. The van der Waals surface area contributed by atoms with Crippen LogP contribution in [0.4, 0.5) is 4.39 Å². The van der Waals surface area contributed by atoms with Crippen molar-refractivity contribution in [3.8, 4) is 5.75 Å². The molecule has 0 bridgehead atoms. The van der Waals surface area contributed by atoms with Crippen LogP contribution in [-0.2, 0) is 17.8 Å². The van der Waals surface area contributed by atoms with Gasteiger partial charge >= 0.3 is 0 Å². The van der Waals surface area contributed by atoms with Gasteiger partial charge in [0, 0.05) is 13.0 Å². The van der Waals surface area contributed by atoms with Crippen LogP contribution >= 0.6 is 0 Å². The van der Waals surface area contributed by atoms with Crippen LogP contribution in [0.25, 0.3) is 0 Å². The Hall–Kier alpha value is -1.95. The Bertz CT molecular complexity index is 632. The molecule has 0 aliphatic carbocycles. The average molecular weight is 320 g/mol. The van der Waals surface area contributed by atoms with E-state index in [0.29, 0.717) is 23.7 Å². The largest absolute Gasteiger partial charge is 0.482 e. The van der Waals surface area contributed by atoms with Crippen molar-refractivity contribution in [2.45, 2.75) is 45.3 Å². The highest BCUT2D eigenvalue weighted by atomic mass is 19.1. The van der Waals surface area contributed by atoms with Gasteiger partial charge in [-0.15, -0.1) is 0 Å². The number of para-hydroxylation sites is 1. The Kier molecular flexibility index (Phi) is 5.23. The molecule has 23 heavy (non-hydrogen) atoms. The third-order valence-electron chi connectivity index (χ3n) is 4.10. The number of halogens is 1. The maximum absolute atomic E-state index is 13.5. The molecule has 0 radical (unpaired) electrons. The highest BCUT2D eigenvalue weighted by Gasteiger charge is 2.23. The lowest BCUT2D eigenvalue weighted by Crippen LogP contribution is -2.26. The molecule has 1 fully saturated rings. The molecule has 0 saturated carbocycles. The Labute approximate surface area is 134 Å². The smallest absolute Gasteiger partial charge is 0.227 e. The van der Waals surface area contributed by atoms with Crippen LogP contribution in [0.15, 0.2) is 28.8 Å². The second-order valence-corrected chi connectivity index (χ2v) is 5.82. The number of rotatable bonds is 6. The normalized spacial score (nSPS) is 21.3. The molecule has 0 unspecified atom stereocenters. The van der Waals surface area contributed by atoms with Crippen LogP contribution in [-0.4, -0.2) is 22.9 Å². The SMILES string of the molecule is CC[C@@H]1C[C@@H](Cc2nc(COc3ccccc3F)no2)CCO1. The van der Waals surface area contributed by atoms with Gasteiger partial charge in [-0.1, -0.05) is 24.2 Å². The summed E-state index contributed by atoms with van der Waals surface area (Å²) < 4.78 is 29.8. The van der Waals surface area contributed by atoms with Gasteiger partial charge in [0.1, 0.15) is 0 Å². The Morgan fingerprint density at radius 1 is 1.35 bits per heavy atom. The zero-order chi connectivity index (χ0) is 16.1. The van der Waals surface area contributed by atoms with Crippen LogP contribution in [0.1, 0.15) is 37.9 Å². The third kappa shape index (κ3) is 4.28. The lowest BCUT2D eigenvalue weighted by atomic mass is 9.91. The number of benzene rings is 1. The second-order valence-electron chi connectivity index (χ2n) is 5.82. The molecule has 6 heteroatoms. The highest BCUT2D eigenvalue weighted by molar-refractivity contribution is 5.23. The maximum atomic E-state index is 13.5. The van der Waals surface area contributed by atoms with E-state index in [0.717, 1.165) is 32.3 Å². The van der Waals surface area contributed by atoms with Crippen LogP contribution < -0.4 is 4.74 Å². The molecule has 5 nitrogen and oxygen atoms in total. The zero-order valence-electron chi connectivity index (χ0n) is 13.2. The van der Waals surface area contributed by atoms with Gasteiger partial charge in [0.05, 0.1) is 6.10 Å². The van der Waals surface area contributed by atoms with Crippen molar-refractivity contribution in [1.82, 2.24) is 10.1 Å². The third-order valence-corrected chi connectivity index (χ3v) is 4.10. The first-order chi connectivity index (χ1) is 11.2. The minimum Gasteiger partial charge on any atom is -0.482 e. The standard InChI is InChI=1S/C17H21FN2O3/c1-2-13-9-12(7-8-21-13)10-17-19-16(20-23-17)11-22-15-6-4-3-5-14(15)18/h3-6,12-13H,2,7-11H2,1H3/t12-,13+/m0/s1. The fourth-order valence-electron chi connectivity index (χ4n) is 2.81. The van der Waals surface area contributed by atoms with Crippen molar-refractivity contribution >= 4 is 0 Å². The molecule has 1 aliphatic heterocycles. The van der Waals surface area contributed by atoms with Gasteiger partial charge in [-0.05, 0) is 37.3 Å². The maximum Gasteiger partial charge on any atom is 0.227 e. The van der Waals surface area contributed by atoms with Crippen molar-refractivity contribution in [2.24, 2.45) is 5.92 Å². The summed E-state index contributed by atoms with van der Waals surface area (Å²) in [5, 5.41) is 3.90. The summed E-state index contributed by atoms with van der Waals surface area (Å²) in [6, 6.07) is 6.26. The lowest BCUT2D eigenvalue weighted by molar-refractivity contribution is -0.0115. The van der Waals surface area contributed by atoms with Gasteiger partial charge in [0.2, 0.25) is 11.7 Å². The first-order valence-corrected chi connectivity index (χ1v) is 8.05. The molecule has 1 aliphatic rings. The van der Waals surface area contributed by atoms with E-state index < -0.39 is 5.82 Å². The van der Waals surface area contributed by atoms with Crippen LogP contribution in [0.5, 0.6) is 5.75 Å². The van der Waals surface area contributed by atoms with E-state index in [2.05, 4.69) is 17.1 Å². The molecule has 1 saturated heterocycles. The summed E-state index contributed by atoms with van der Waals surface area (Å²) in [6.07, 6.45) is 4.16. The van der Waals surface area contributed by atoms with Crippen LogP contribution in [0.3, 0.4) is 0 Å². The molecule has 2 aromatic rings. The van der Waals surface area contributed by atoms with E-state index >= 15 is 0 Å². The number of nitrogens with zero attached hydrogens (tertiary/aromatic N) is 2. The molecule has 3 rings (SSSR count). The second kappa shape index (κ2) is 7.55. The van der Waals surface area contributed by atoms with Crippen molar-refractivity contribution in [1.29, 1.82) is 0 Å². The Morgan fingerprint density at radius 3 is 3.04 bits per heavy atom. The molecule has 124 valence electrons. The number of aromatic nitrogens is 2. The van der Waals surface area contributed by atoms with Gasteiger partial charge in [0.15, 0.2) is 18.2 Å². The van der Waals surface area contributed by atoms with Crippen molar-refractivity contribution in [3.63, 3.8) is 0 Å². The molecular formula is C17H21FN2O3. The summed E-state index contributed by atoms with van der Waals surface area (Å²) in [4.78, 5) is 4.33. The molecule has 2 heterocycles. The van der Waals surface area contributed by atoms with E-state index in [1.54, 1.807) is 18.2 Å². The molecule has 0 spiro atoms. The number of hydrogen-bond acceptors (Lipinski definition) is 5. The van der Waals surface area contributed by atoms with Crippen LogP contribution in [0, 0.1) is 11.7 Å². The first-order valence-electron chi connectivity index (χ1n) is 8.05. The highest BCUT2D eigenvalue weighted by Crippen LogP contribution is 2.25. The number of ether oxygens (including phenoxy) is 2. The molecule has 0 amide bonds. The van der Waals surface area contributed by atoms with E-state index in [4.69, 9.17) is 14.0 Å². The Balaban J connectivity index is 1.53. The number of hydrogen-bond donors (Lipinski definition) is 0. The van der Waals surface area contributed by atoms with E-state index in [1.807, 2.05) is 0 Å². The summed E-state index contributed by atoms with van der Waals surface area (Å²) in [5.41, 5.74) is 0. The van der Waals surface area contributed by atoms with Crippen molar-refractivity contribution in [2.75, 3.05) is 6.61 Å². The fourth-order valence-corrected chi connectivity index (χ4v) is 2.81. The van der Waals surface area contributed by atoms with Crippen LogP contribution in [0.2, 0.25) is 0 Å². The van der Waals surface area contributed by atoms with Gasteiger partial charge in [-0.3, -0.25) is 0 Å². The summed E-state index contributed by atoms with van der Waals surface area (Å²) in [7, 11) is 0. The average Bonchev–Trinajstić information content (AvgIpc) is 3.02. The Morgan fingerprint density at radius 2 is 2.22 bits per heavy atom. The summed E-state index contributed by atoms with van der Waals surface area (Å²) >= 11 is 0. The van der Waals surface area contributed by atoms with Gasteiger partial charge in [-0.2, -0.15) is 4.98 Å². The van der Waals surface area contributed by atoms with Gasteiger partial charge in [-0.25, -0.2) is 4.39 Å². The van der Waals surface area contributed by atoms with E-state index in [-0.39, 0.29) is 12.4 Å².